The zero-order chi connectivity index (χ0) is 9.68. The topological polar surface area (TPSA) is 12.1 Å². The molecule has 0 aliphatic carbocycles. The van der Waals surface area contributed by atoms with Crippen molar-refractivity contribution in [2.75, 3.05) is 19.6 Å². The Morgan fingerprint density at radius 3 is 2.46 bits per heavy atom. The molecule has 0 aromatic carbocycles. The molecule has 0 saturated heterocycles. The first-order valence-electron chi connectivity index (χ1n) is 4.99. The lowest BCUT2D eigenvalue weighted by molar-refractivity contribution is -0.671. The molecule has 0 saturated carbocycles. The molecule has 1 rings (SSSR count). The fraction of sp³-hybridized carbons (Fsp3) is 0.700. The van der Waals surface area contributed by atoms with Gasteiger partial charge in [0.25, 0.3) is 0 Å². The van der Waals surface area contributed by atoms with Crippen LogP contribution in [0.4, 0.5) is 0 Å². The molecule has 0 unspecified atom stereocenters. The highest BCUT2D eigenvalue weighted by Gasteiger charge is 2.02. The maximum absolute atomic E-state index is 2.43. The van der Waals surface area contributed by atoms with Gasteiger partial charge in [-0.3, -0.25) is 4.90 Å². The summed E-state index contributed by atoms with van der Waals surface area (Å²) in [5.41, 5.74) is 0. The number of hydrogen-bond donors (Lipinski definition) is 0. The van der Waals surface area contributed by atoms with E-state index in [1.54, 1.807) is 0 Å². The molecular weight excluding hydrogens is 162 g/mol. The second-order valence-corrected chi connectivity index (χ2v) is 3.34. The molecule has 3 heteroatoms. The van der Waals surface area contributed by atoms with Crippen molar-refractivity contribution >= 4 is 0 Å². The third-order valence-corrected chi connectivity index (χ3v) is 2.39. The Bertz CT molecular complexity index is 238. The van der Waals surface area contributed by atoms with Crippen molar-refractivity contribution < 1.29 is 4.57 Å². The maximum Gasteiger partial charge on any atom is 0.243 e. The molecule has 0 N–H and O–H groups in total. The number of aromatic nitrogens is 2. The Hall–Kier alpha value is -0.830. The average molecular weight is 182 g/mol. The van der Waals surface area contributed by atoms with Crippen LogP contribution in [0.5, 0.6) is 0 Å². The molecule has 3 nitrogen and oxygen atoms in total. The van der Waals surface area contributed by atoms with Gasteiger partial charge in [-0.05, 0) is 13.1 Å². The van der Waals surface area contributed by atoms with E-state index >= 15 is 0 Å². The van der Waals surface area contributed by atoms with E-state index in [-0.39, 0.29) is 0 Å². The predicted molar refractivity (Wildman–Crippen MR) is 53.4 cm³/mol. The van der Waals surface area contributed by atoms with E-state index in [0.717, 1.165) is 26.2 Å². The predicted octanol–water partition coefficient (Wildman–Crippen LogP) is 0.654. The van der Waals surface area contributed by atoms with Crippen molar-refractivity contribution in [3.63, 3.8) is 0 Å². The average Bonchev–Trinajstić information content (AvgIpc) is 2.53. The van der Waals surface area contributed by atoms with E-state index in [1.807, 2.05) is 7.05 Å². The smallest absolute Gasteiger partial charge is 0.243 e. The summed E-state index contributed by atoms with van der Waals surface area (Å²) < 4.78 is 4.29. The Balaban J connectivity index is 2.33. The first-order valence-corrected chi connectivity index (χ1v) is 4.99. The van der Waals surface area contributed by atoms with Crippen LogP contribution in [-0.4, -0.2) is 29.1 Å². The van der Waals surface area contributed by atoms with Crippen LogP contribution in [0.15, 0.2) is 18.7 Å². The molecule has 1 heterocycles. The summed E-state index contributed by atoms with van der Waals surface area (Å²) in [6.45, 7) is 8.93. The van der Waals surface area contributed by atoms with Crippen LogP contribution < -0.4 is 4.57 Å². The van der Waals surface area contributed by atoms with E-state index in [9.17, 15) is 0 Å². The SMILES string of the molecule is CCN(CC)CCn1cc[n+](C)c1. The fourth-order valence-corrected chi connectivity index (χ4v) is 1.43. The standard InChI is InChI=1S/C10H20N3/c1-4-12(5-2)8-9-13-7-6-11(3)10-13/h6-7,10H,4-5,8-9H2,1-3H3/q+1. The minimum atomic E-state index is 1.09. The van der Waals surface area contributed by atoms with E-state index in [1.165, 1.54) is 0 Å². The van der Waals surface area contributed by atoms with Gasteiger partial charge in [0.2, 0.25) is 6.33 Å². The number of aryl methyl sites for hydroxylation is 1. The number of nitrogens with zero attached hydrogens (tertiary/aromatic N) is 3. The molecule has 0 atom stereocenters. The van der Waals surface area contributed by atoms with Gasteiger partial charge < -0.3 is 0 Å². The first-order chi connectivity index (χ1) is 6.26. The highest BCUT2D eigenvalue weighted by Crippen LogP contribution is 1.90. The third-order valence-electron chi connectivity index (χ3n) is 2.39. The molecule has 0 radical (unpaired) electrons. The summed E-state index contributed by atoms with van der Waals surface area (Å²) in [5, 5.41) is 0. The second-order valence-electron chi connectivity index (χ2n) is 3.34. The van der Waals surface area contributed by atoms with Crippen LogP contribution in [0.1, 0.15) is 13.8 Å². The van der Waals surface area contributed by atoms with Crippen LogP contribution in [0, 0.1) is 0 Å². The molecule has 0 bridgehead atoms. The lowest BCUT2D eigenvalue weighted by atomic mass is 10.4. The van der Waals surface area contributed by atoms with E-state index in [2.05, 4.69) is 46.6 Å². The maximum atomic E-state index is 2.43. The summed E-state index contributed by atoms with van der Waals surface area (Å²) in [7, 11) is 2.05. The van der Waals surface area contributed by atoms with Gasteiger partial charge in [-0.25, -0.2) is 9.13 Å². The zero-order valence-corrected chi connectivity index (χ0v) is 8.90. The fourth-order valence-electron chi connectivity index (χ4n) is 1.43. The molecule has 1 aromatic heterocycles. The van der Waals surface area contributed by atoms with E-state index < -0.39 is 0 Å². The van der Waals surface area contributed by atoms with E-state index in [0.29, 0.717) is 0 Å². The van der Waals surface area contributed by atoms with Crippen molar-refractivity contribution in [1.29, 1.82) is 0 Å². The van der Waals surface area contributed by atoms with Gasteiger partial charge in [0.05, 0.1) is 7.05 Å². The van der Waals surface area contributed by atoms with Gasteiger partial charge in [0.1, 0.15) is 18.9 Å². The van der Waals surface area contributed by atoms with Gasteiger partial charge in [-0.15, -0.1) is 0 Å². The van der Waals surface area contributed by atoms with Gasteiger partial charge in [0, 0.05) is 6.54 Å². The molecule has 0 fully saturated rings. The number of imidazole rings is 1. The zero-order valence-electron chi connectivity index (χ0n) is 8.90. The monoisotopic (exact) mass is 182 g/mol. The Morgan fingerprint density at radius 2 is 2.00 bits per heavy atom. The highest BCUT2D eigenvalue weighted by molar-refractivity contribution is 4.67. The van der Waals surface area contributed by atoms with Crippen LogP contribution in [0.25, 0.3) is 0 Å². The molecule has 13 heavy (non-hydrogen) atoms. The van der Waals surface area contributed by atoms with Crippen molar-refractivity contribution in [3.05, 3.63) is 18.7 Å². The van der Waals surface area contributed by atoms with Crippen LogP contribution >= 0.6 is 0 Å². The molecule has 0 amide bonds. The van der Waals surface area contributed by atoms with Gasteiger partial charge in [-0.2, -0.15) is 0 Å². The van der Waals surface area contributed by atoms with Crippen molar-refractivity contribution in [1.82, 2.24) is 9.47 Å². The summed E-state index contributed by atoms with van der Waals surface area (Å²) in [6, 6.07) is 0. The summed E-state index contributed by atoms with van der Waals surface area (Å²) >= 11 is 0. The summed E-state index contributed by atoms with van der Waals surface area (Å²) in [4.78, 5) is 2.43. The molecular formula is C10H20N3+. The number of rotatable bonds is 5. The Labute approximate surface area is 80.6 Å². The van der Waals surface area contributed by atoms with Crippen molar-refractivity contribution in [2.45, 2.75) is 20.4 Å². The molecule has 0 spiro atoms. The second kappa shape index (κ2) is 5.02. The van der Waals surface area contributed by atoms with Crippen molar-refractivity contribution in [3.8, 4) is 0 Å². The minimum Gasteiger partial charge on any atom is -0.300 e. The van der Waals surface area contributed by atoms with Gasteiger partial charge >= 0.3 is 0 Å². The minimum absolute atomic E-state index is 1.09. The highest BCUT2D eigenvalue weighted by atomic mass is 15.2. The molecule has 1 aromatic rings. The third kappa shape index (κ3) is 3.19. The lowest BCUT2D eigenvalue weighted by Gasteiger charge is -2.15. The van der Waals surface area contributed by atoms with Crippen LogP contribution in [-0.2, 0) is 13.6 Å². The molecule has 0 aliphatic heterocycles. The molecule has 74 valence electrons. The van der Waals surface area contributed by atoms with Crippen molar-refractivity contribution in [2.24, 2.45) is 7.05 Å². The van der Waals surface area contributed by atoms with Crippen LogP contribution in [0.2, 0.25) is 0 Å². The van der Waals surface area contributed by atoms with Gasteiger partial charge in [0.15, 0.2) is 0 Å². The molecule has 0 aliphatic rings. The Morgan fingerprint density at radius 1 is 1.31 bits per heavy atom. The van der Waals surface area contributed by atoms with E-state index in [4.69, 9.17) is 0 Å². The summed E-state index contributed by atoms with van der Waals surface area (Å²) in [6.07, 6.45) is 6.30. The van der Waals surface area contributed by atoms with Gasteiger partial charge in [-0.1, -0.05) is 13.8 Å². The lowest BCUT2D eigenvalue weighted by Crippen LogP contribution is -2.28. The normalized spacial score (nSPS) is 11.1. The quantitative estimate of drug-likeness (QED) is 0.609. The Kier molecular flexibility index (Phi) is 3.96. The number of hydrogen-bond acceptors (Lipinski definition) is 1. The number of likely N-dealkylation sites (N-methyl/N-ethyl adjacent to an activating group) is 1. The summed E-state index contributed by atoms with van der Waals surface area (Å²) in [5.74, 6) is 0. The van der Waals surface area contributed by atoms with Crippen LogP contribution in [0.3, 0.4) is 0 Å². The largest absolute Gasteiger partial charge is 0.300 e. The first kappa shape index (κ1) is 10.3.